The summed E-state index contributed by atoms with van der Waals surface area (Å²) < 4.78 is 15.7. The first-order valence-corrected chi connectivity index (χ1v) is 9.74. The maximum atomic E-state index is 13.3. The molecule has 1 aliphatic heterocycles. The average Bonchev–Trinajstić information content (AvgIpc) is 3.00. The number of anilines is 2. The maximum Gasteiger partial charge on any atom is 0.350 e. The van der Waals surface area contributed by atoms with Crippen LogP contribution in [0.1, 0.15) is 19.8 Å². The first-order chi connectivity index (χ1) is 13.9. The van der Waals surface area contributed by atoms with E-state index in [4.69, 9.17) is 11.6 Å². The number of halogens is 2. The quantitative estimate of drug-likeness (QED) is 0.704. The average molecular weight is 419 g/mol. The van der Waals surface area contributed by atoms with Crippen molar-refractivity contribution >= 4 is 34.7 Å². The number of rotatable bonds is 4. The molecule has 1 N–H and O–H groups in total. The highest BCUT2D eigenvalue weighted by Crippen LogP contribution is 2.23. The Morgan fingerprint density at radius 2 is 2.24 bits per heavy atom. The van der Waals surface area contributed by atoms with Crippen molar-refractivity contribution in [2.24, 2.45) is 5.92 Å². The minimum absolute atomic E-state index is 0.0980. The number of carbonyl (C=O) groups is 1. The van der Waals surface area contributed by atoms with E-state index in [2.05, 4.69) is 27.2 Å². The number of fused-ring (bicyclic) bond motifs is 1. The van der Waals surface area contributed by atoms with Crippen molar-refractivity contribution in [3.05, 3.63) is 51.9 Å². The summed E-state index contributed by atoms with van der Waals surface area (Å²) in [7, 11) is 0. The van der Waals surface area contributed by atoms with Crippen LogP contribution in [-0.2, 0) is 11.3 Å². The lowest BCUT2D eigenvalue weighted by molar-refractivity contribution is -0.117. The van der Waals surface area contributed by atoms with Gasteiger partial charge in [0.1, 0.15) is 12.4 Å². The maximum absolute atomic E-state index is 13.3. The van der Waals surface area contributed by atoms with Crippen LogP contribution in [0.2, 0.25) is 5.02 Å². The highest BCUT2D eigenvalue weighted by Gasteiger charge is 2.22. The number of amides is 1. The van der Waals surface area contributed by atoms with Crippen LogP contribution < -0.4 is 15.9 Å². The minimum atomic E-state index is -0.576. The van der Waals surface area contributed by atoms with E-state index in [1.807, 2.05) is 0 Å². The van der Waals surface area contributed by atoms with Gasteiger partial charge in [-0.3, -0.25) is 4.79 Å². The van der Waals surface area contributed by atoms with Crippen molar-refractivity contribution in [1.82, 2.24) is 19.2 Å². The lowest BCUT2D eigenvalue weighted by Crippen LogP contribution is -2.35. The van der Waals surface area contributed by atoms with Gasteiger partial charge in [0.05, 0.1) is 5.02 Å². The van der Waals surface area contributed by atoms with E-state index in [0.29, 0.717) is 23.1 Å². The summed E-state index contributed by atoms with van der Waals surface area (Å²) in [6.45, 7) is 3.60. The van der Waals surface area contributed by atoms with E-state index in [1.54, 1.807) is 6.20 Å². The number of piperidine rings is 1. The number of nitrogens with one attached hydrogen (secondary N) is 1. The van der Waals surface area contributed by atoms with E-state index >= 15 is 0 Å². The number of aromatic nitrogens is 4. The van der Waals surface area contributed by atoms with Crippen LogP contribution in [0.5, 0.6) is 0 Å². The molecule has 1 amide bonds. The lowest BCUT2D eigenvalue weighted by Gasteiger charge is -2.31. The summed E-state index contributed by atoms with van der Waals surface area (Å²) in [4.78, 5) is 31.6. The van der Waals surface area contributed by atoms with Crippen LogP contribution in [0.25, 0.3) is 5.65 Å². The Labute approximate surface area is 170 Å². The summed E-state index contributed by atoms with van der Waals surface area (Å²) in [6.07, 6.45) is 5.32. The summed E-state index contributed by atoms with van der Waals surface area (Å²) in [5.74, 6) is 0.126. The molecule has 0 bridgehead atoms. The molecule has 0 radical (unpaired) electrons. The highest BCUT2D eigenvalue weighted by atomic mass is 35.5. The fourth-order valence-electron chi connectivity index (χ4n) is 3.55. The van der Waals surface area contributed by atoms with Crippen molar-refractivity contribution in [2.75, 3.05) is 23.3 Å². The molecule has 8 nitrogen and oxygen atoms in total. The summed E-state index contributed by atoms with van der Waals surface area (Å²) in [5.41, 5.74) is 0.327. The van der Waals surface area contributed by atoms with Crippen LogP contribution in [0, 0.1) is 11.7 Å². The summed E-state index contributed by atoms with van der Waals surface area (Å²) in [5, 5.41) is 6.83. The summed E-state index contributed by atoms with van der Waals surface area (Å²) >= 11 is 5.73. The van der Waals surface area contributed by atoms with Crippen LogP contribution in [-0.4, -0.2) is 38.2 Å². The van der Waals surface area contributed by atoms with Crippen molar-refractivity contribution in [3.8, 4) is 0 Å². The first-order valence-electron chi connectivity index (χ1n) is 9.36. The van der Waals surface area contributed by atoms with Crippen LogP contribution >= 0.6 is 11.6 Å². The third-order valence-electron chi connectivity index (χ3n) is 4.94. The van der Waals surface area contributed by atoms with Gasteiger partial charge in [-0.2, -0.15) is 0 Å². The Morgan fingerprint density at radius 3 is 3.00 bits per heavy atom. The molecular formula is C19H20ClFN6O2. The third-order valence-corrected chi connectivity index (χ3v) is 5.23. The van der Waals surface area contributed by atoms with Gasteiger partial charge in [-0.1, -0.05) is 18.5 Å². The molecule has 3 aromatic rings. The van der Waals surface area contributed by atoms with Gasteiger partial charge in [0.25, 0.3) is 0 Å². The van der Waals surface area contributed by atoms with E-state index in [1.165, 1.54) is 22.7 Å². The molecule has 0 spiro atoms. The van der Waals surface area contributed by atoms with Crippen molar-refractivity contribution in [3.63, 3.8) is 0 Å². The predicted molar refractivity (Wildman–Crippen MR) is 108 cm³/mol. The van der Waals surface area contributed by atoms with Crippen LogP contribution in [0.15, 0.2) is 35.4 Å². The normalized spacial score (nSPS) is 16.9. The topological polar surface area (TPSA) is 84.5 Å². The Kier molecular flexibility index (Phi) is 5.23. The zero-order valence-corrected chi connectivity index (χ0v) is 16.6. The smallest absolute Gasteiger partial charge is 0.350 e. The van der Waals surface area contributed by atoms with E-state index in [9.17, 15) is 14.0 Å². The van der Waals surface area contributed by atoms with Gasteiger partial charge in [0.2, 0.25) is 11.6 Å². The molecule has 4 rings (SSSR count). The van der Waals surface area contributed by atoms with Gasteiger partial charge in [-0.25, -0.2) is 23.3 Å². The molecule has 0 saturated carbocycles. The Balaban J connectivity index is 1.58. The van der Waals surface area contributed by atoms with Gasteiger partial charge >= 0.3 is 5.69 Å². The molecule has 1 saturated heterocycles. The Bertz CT molecular complexity index is 1130. The molecular weight excluding hydrogens is 399 g/mol. The Hall–Kier alpha value is -2.94. The SMILES string of the molecule is C[C@@H]1CCCN(c2nccn3c(=O)n(CC(=O)Nc4ccc(F)c(Cl)c4)nc23)C1. The number of hydrogen-bond acceptors (Lipinski definition) is 5. The number of hydrogen-bond donors (Lipinski definition) is 1. The molecule has 0 aliphatic carbocycles. The largest absolute Gasteiger partial charge is 0.353 e. The molecule has 1 aromatic carbocycles. The Morgan fingerprint density at radius 1 is 1.41 bits per heavy atom. The second-order valence-corrected chi connectivity index (χ2v) is 7.66. The van der Waals surface area contributed by atoms with Gasteiger partial charge in [-0.15, -0.1) is 5.10 Å². The van der Waals surface area contributed by atoms with E-state index in [-0.39, 0.29) is 11.6 Å². The fourth-order valence-corrected chi connectivity index (χ4v) is 3.73. The van der Waals surface area contributed by atoms with Crippen LogP contribution in [0.4, 0.5) is 15.9 Å². The number of nitrogens with zero attached hydrogens (tertiary/aromatic N) is 5. The molecule has 1 atom stereocenters. The molecule has 3 heterocycles. The van der Waals surface area contributed by atoms with Crippen molar-refractivity contribution < 1.29 is 9.18 Å². The number of benzene rings is 1. The van der Waals surface area contributed by atoms with Crippen molar-refractivity contribution in [1.29, 1.82) is 0 Å². The van der Waals surface area contributed by atoms with Gasteiger partial charge in [-0.05, 0) is 37.0 Å². The second kappa shape index (κ2) is 7.82. The standard InChI is InChI=1S/C19H20ClFN6O2/c1-12-3-2-7-25(10-12)17-18-24-27(19(29)26(18)8-6-22-17)11-16(28)23-13-4-5-15(21)14(20)9-13/h4-6,8-9,12H,2-3,7,10-11H2,1H3,(H,23,28)/t12-/m1/s1. The lowest BCUT2D eigenvalue weighted by atomic mass is 10.0. The molecule has 1 fully saturated rings. The van der Waals surface area contributed by atoms with Gasteiger partial charge in [0, 0.05) is 31.2 Å². The summed E-state index contributed by atoms with van der Waals surface area (Å²) in [6, 6.07) is 3.86. The molecule has 1 aliphatic rings. The zero-order chi connectivity index (χ0) is 20.5. The van der Waals surface area contributed by atoms with Crippen LogP contribution in [0.3, 0.4) is 0 Å². The minimum Gasteiger partial charge on any atom is -0.353 e. The first kappa shape index (κ1) is 19.4. The van der Waals surface area contributed by atoms with Crippen molar-refractivity contribution in [2.45, 2.75) is 26.3 Å². The molecule has 2 aromatic heterocycles. The van der Waals surface area contributed by atoms with E-state index in [0.717, 1.165) is 36.7 Å². The molecule has 152 valence electrons. The van der Waals surface area contributed by atoms with Gasteiger partial charge in [0.15, 0.2) is 5.82 Å². The third kappa shape index (κ3) is 3.95. The fraction of sp³-hybridized carbons (Fsp3) is 0.368. The number of carbonyl (C=O) groups excluding carboxylic acids is 1. The molecule has 29 heavy (non-hydrogen) atoms. The predicted octanol–water partition coefficient (Wildman–Crippen LogP) is 2.56. The molecule has 0 unspecified atom stereocenters. The molecule has 10 heteroatoms. The van der Waals surface area contributed by atoms with Gasteiger partial charge < -0.3 is 10.2 Å². The highest BCUT2D eigenvalue weighted by molar-refractivity contribution is 6.31. The zero-order valence-electron chi connectivity index (χ0n) is 15.8. The monoisotopic (exact) mass is 418 g/mol. The van der Waals surface area contributed by atoms with E-state index < -0.39 is 17.4 Å². The second-order valence-electron chi connectivity index (χ2n) is 7.26.